The summed E-state index contributed by atoms with van der Waals surface area (Å²) in [7, 11) is 0. The highest BCUT2D eigenvalue weighted by Gasteiger charge is 2.23. The highest BCUT2D eigenvalue weighted by Crippen LogP contribution is 2.20. The zero-order chi connectivity index (χ0) is 14.5. The Kier molecular flexibility index (Phi) is 5.23. The quantitative estimate of drug-likeness (QED) is 0.791. The van der Waals surface area contributed by atoms with E-state index in [4.69, 9.17) is 15.2 Å². The number of anilines is 1. The van der Waals surface area contributed by atoms with Gasteiger partial charge in [-0.25, -0.2) is 0 Å². The largest absolute Gasteiger partial charge is 0.489 e. The van der Waals surface area contributed by atoms with Crippen LogP contribution in [0.15, 0.2) is 24.3 Å². The first-order valence-electron chi connectivity index (χ1n) is 7.07. The number of nitrogens with two attached hydrogens (primary N) is 1. The number of β-amino-alcohol motifs (C(OH)–C–C–N with tert-alkyl or cyclic N) is 1. The first-order valence-corrected chi connectivity index (χ1v) is 7.07. The summed E-state index contributed by atoms with van der Waals surface area (Å²) in [6.45, 7) is 6.62. The normalized spacial score (nSPS) is 25.4. The van der Waals surface area contributed by atoms with E-state index in [1.807, 2.05) is 12.1 Å². The van der Waals surface area contributed by atoms with Crippen LogP contribution in [0.3, 0.4) is 0 Å². The maximum absolute atomic E-state index is 10.1. The molecule has 0 bridgehead atoms. The van der Waals surface area contributed by atoms with Crippen LogP contribution in [-0.4, -0.2) is 54.6 Å². The fraction of sp³-hybridized carbons (Fsp3) is 0.600. The molecule has 20 heavy (non-hydrogen) atoms. The number of rotatable bonds is 5. The zero-order valence-electron chi connectivity index (χ0n) is 12.2. The molecular formula is C15H24N2O3. The van der Waals surface area contributed by atoms with Gasteiger partial charge < -0.3 is 20.3 Å². The van der Waals surface area contributed by atoms with Crippen molar-refractivity contribution in [1.82, 2.24) is 4.90 Å². The molecular weight excluding hydrogens is 256 g/mol. The predicted molar refractivity (Wildman–Crippen MR) is 78.8 cm³/mol. The summed E-state index contributed by atoms with van der Waals surface area (Å²) in [6, 6.07) is 7.31. The summed E-state index contributed by atoms with van der Waals surface area (Å²) in [4.78, 5) is 2.21. The number of morpholine rings is 1. The van der Waals surface area contributed by atoms with Crippen molar-refractivity contribution >= 4 is 5.69 Å². The minimum atomic E-state index is -0.535. The highest BCUT2D eigenvalue weighted by molar-refractivity contribution is 5.51. The third-order valence-electron chi connectivity index (χ3n) is 3.31. The molecule has 0 saturated carbocycles. The smallest absolute Gasteiger partial charge is 0.142 e. The summed E-state index contributed by atoms with van der Waals surface area (Å²) in [5, 5.41) is 10.1. The summed E-state index contributed by atoms with van der Waals surface area (Å²) < 4.78 is 11.2. The minimum absolute atomic E-state index is 0.205. The Bertz CT molecular complexity index is 417. The first kappa shape index (κ1) is 15.1. The van der Waals surface area contributed by atoms with Crippen molar-refractivity contribution in [3.8, 4) is 5.75 Å². The molecule has 1 aromatic carbocycles. The van der Waals surface area contributed by atoms with Gasteiger partial charge in [0.05, 0.1) is 17.9 Å². The molecule has 1 aliphatic heterocycles. The number of nitrogen functional groups attached to an aromatic ring is 1. The maximum atomic E-state index is 10.1. The third kappa shape index (κ3) is 4.37. The standard InChI is InChI=1S/C15H24N2O3/c1-11-7-17(8-12(2)20-11)9-13(18)10-19-15-6-4-3-5-14(15)16/h3-6,11-13,18H,7-10,16H2,1-2H3/t11-,12+,13?. The number of benzene rings is 1. The molecule has 1 saturated heterocycles. The van der Waals surface area contributed by atoms with E-state index < -0.39 is 6.10 Å². The van der Waals surface area contributed by atoms with E-state index in [9.17, 15) is 5.11 Å². The van der Waals surface area contributed by atoms with Gasteiger partial charge in [0.25, 0.3) is 0 Å². The molecule has 1 unspecified atom stereocenters. The molecule has 0 aliphatic carbocycles. The van der Waals surface area contributed by atoms with Crippen LogP contribution >= 0.6 is 0 Å². The molecule has 0 aromatic heterocycles. The average Bonchev–Trinajstić information content (AvgIpc) is 2.36. The van der Waals surface area contributed by atoms with Crippen molar-refractivity contribution < 1.29 is 14.6 Å². The van der Waals surface area contributed by atoms with Crippen molar-refractivity contribution in [2.45, 2.75) is 32.2 Å². The van der Waals surface area contributed by atoms with Crippen molar-refractivity contribution in [2.24, 2.45) is 0 Å². The van der Waals surface area contributed by atoms with E-state index in [1.165, 1.54) is 0 Å². The molecule has 112 valence electrons. The Balaban J connectivity index is 1.78. The van der Waals surface area contributed by atoms with Crippen LogP contribution < -0.4 is 10.5 Å². The molecule has 5 nitrogen and oxygen atoms in total. The van der Waals surface area contributed by atoms with Gasteiger partial charge in [-0.1, -0.05) is 12.1 Å². The van der Waals surface area contributed by atoms with Crippen molar-refractivity contribution in [1.29, 1.82) is 0 Å². The van der Waals surface area contributed by atoms with Crippen molar-refractivity contribution in [3.63, 3.8) is 0 Å². The molecule has 3 N–H and O–H groups in total. The molecule has 3 atom stereocenters. The Morgan fingerprint density at radius 1 is 1.35 bits per heavy atom. The second-order valence-corrected chi connectivity index (χ2v) is 5.48. The monoisotopic (exact) mass is 280 g/mol. The summed E-state index contributed by atoms with van der Waals surface area (Å²) in [5.41, 5.74) is 6.38. The second kappa shape index (κ2) is 6.92. The van der Waals surface area contributed by atoms with Crippen molar-refractivity contribution in [3.05, 3.63) is 24.3 Å². The second-order valence-electron chi connectivity index (χ2n) is 5.48. The third-order valence-corrected chi connectivity index (χ3v) is 3.31. The van der Waals surface area contributed by atoms with Gasteiger partial charge in [0.1, 0.15) is 18.5 Å². The van der Waals surface area contributed by atoms with E-state index in [1.54, 1.807) is 12.1 Å². The average molecular weight is 280 g/mol. The van der Waals surface area contributed by atoms with Crippen LogP contribution in [0.2, 0.25) is 0 Å². The van der Waals surface area contributed by atoms with Gasteiger partial charge in [-0.3, -0.25) is 4.90 Å². The Morgan fingerprint density at radius 2 is 2.00 bits per heavy atom. The molecule has 1 aromatic rings. The lowest BCUT2D eigenvalue weighted by Crippen LogP contribution is -2.48. The number of nitrogens with zero attached hydrogens (tertiary/aromatic N) is 1. The predicted octanol–water partition coefficient (Wildman–Crippen LogP) is 1.12. The number of para-hydroxylation sites is 2. The van der Waals surface area contributed by atoms with Crippen LogP contribution in [0.5, 0.6) is 5.75 Å². The van der Waals surface area contributed by atoms with Crippen LogP contribution in [0.25, 0.3) is 0 Å². The molecule has 0 amide bonds. The molecule has 1 fully saturated rings. The minimum Gasteiger partial charge on any atom is -0.489 e. The highest BCUT2D eigenvalue weighted by atomic mass is 16.5. The molecule has 5 heteroatoms. The van der Waals surface area contributed by atoms with E-state index >= 15 is 0 Å². The van der Waals surface area contributed by atoms with E-state index in [2.05, 4.69) is 18.7 Å². The number of aliphatic hydroxyl groups is 1. The zero-order valence-corrected chi connectivity index (χ0v) is 12.2. The number of hydrogen-bond acceptors (Lipinski definition) is 5. The summed E-state index contributed by atoms with van der Waals surface area (Å²) >= 11 is 0. The van der Waals surface area contributed by atoms with Gasteiger partial charge in [-0.2, -0.15) is 0 Å². The van der Waals surface area contributed by atoms with E-state index in [-0.39, 0.29) is 18.8 Å². The number of hydrogen-bond donors (Lipinski definition) is 2. The van der Waals surface area contributed by atoms with Crippen molar-refractivity contribution in [2.75, 3.05) is 32.0 Å². The fourth-order valence-corrected chi connectivity index (χ4v) is 2.58. The lowest BCUT2D eigenvalue weighted by molar-refractivity contribution is -0.0786. The first-order chi connectivity index (χ1) is 9.54. The van der Waals surface area contributed by atoms with E-state index in [0.717, 1.165) is 13.1 Å². The number of ether oxygens (including phenoxy) is 2. The van der Waals surface area contributed by atoms with Gasteiger partial charge in [-0.05, 0) is 26.0 Å². The van der Waals surface area contributed by atoms with Gasteiger partial charge in [0.2, 0.25) is 0 Å². The van der Waals surface area contributed by atoms with Crippen LogP contribution in [0, 0.1) is 0 Å². The fourth-order valence-electron chi connectivity index (χ4n) is 2.58. The van der Waals surface area contributed by atoms with Gasteiger partial charge >= 0.3 is 0 Å². The lowest BCUT2D eigenvalue weighted by Gasteiger charge is -2.36. The molecule has 1 heterocycles. The molecule has 2 rings (SSSR count). The SMILES string of the molecule is C[C@@H]1CN(CC(O)COc2ccccc2N)C[C@H](C)O1. The van der Waals surface area contributed by atoms with Gasteiger partial charge in [-0.15, -0.1) is 0 Å². The lowest BCUT2D eigenvalue weighted by atomic mass is 10.2. The maximum Gasteiger partial charge on any atom is 0.142 e. The van der Waals surface area contributed by atoms with Gasteiger partial charge in [0.15, 0.2) is 0 Å². The van der Waals surface area contributed by atoms with E-state index in [0.29, 0.717) is 18.0 Å². The summed E-state index contributed by atoms with van der Waals surface area (Å²) in [6.07, 6.45) is -0.125. The van der Waals surface area contributed by atoms with Crippen LogP contribution in [0.1, 0.15) is 13.8 Å². The molecule has 0 spiro atoms. The topological polar surface area (TPSA) is 68.0 Å². The number of aliphatic hydroxyl groups excluding tert-OH is 1. The van der Waals surface area contributed by atoms with Crippen LogP contribution in [-0.2, 0) is 4.74 Å². The van der Waals surface area contributed by atoms with Crippen LogP contribution in [0.4, 0.5) is 5.69 Å². The summed E-state index contributed by atoms with van der Waals surface area (Å²) in [5.74, 6) is 0.621. The molecule has 0 radical (unpaired) electrons. The Labute approximate surface area is 120 Å². The molecule has 1 aliphatic rings. The Morgan fingerprint density at radius 3 is 2.65 bits per heavy atom. The Hall–Kier alpha value is -1.30. The van der Waals surface area contributed by atoms with Gasteiger partial charge in [0, 0.05) is 19.6 Å².